The number of anilines is 1. The minimum Gasteiger partial charge on any atom is -0.451 e. The molecule has 146 valence electrons. The number of rotatable bonds is 4. The Balaban J connectivity index is 1.79. The summed E-state index contributed by atoms with van der Waals surface area (Å²) >= 11 is 6.01. The van der Waals surface area contributed by atoms with Gasteiger partial charge in [0.2, 0.25) is 0 Å². The molecule has 2 aromatic carbocycles. The van der Waals surface area contributed by atoms with Gasteiger partial charge < -0.3 is 4.42 Å². The Bertz CT molecular complexity index is 1180. The summed E-state index contributed by atoms with van der Waals surface area (Å²) in [6, 6.07) is 17.0. The van der Waals surface area contributed by atoms with Gasteiger partial charge in [0.1, 0.15) is 11.4 Å². The fourth-order valence-corrected chi connectivity index (χ4v) is 3.78. The monoisotopic (exact) mass is 404 g/mol. The Hall–Kier alpha value is -3.11. The normalized spacial score (nSPS) is 11.0. The predicted octanol–water partition coefficient (Wildman–Crippen LogP) is 6.25. The van der Waals surface area contributed by atoms with E-state index in [1.165, 1.54) is 0 Å². The topological polar surface area (TPSA) is 46.3 Å². The SMILES string of the molecule is Cc1cc(C)c2c(C)c(C(=O)N(Cc3ccc(Cl)cc3)c3ccccn3)oc2c1. The van der Waals surface area contributed by atoms with Crippen LogP contribution in [0.15, 0.2) is 65.2 Å². The Morgan fingerprint density at radius 2 is 1.83 bits per heavy atom. The van der Waals surface area contributed by atoms with Crippen molar-refractivity contribution in [1.82, 2.24) is 4.98 Å². The number of nitrogens with zero attached hydrogens (tertiary/aromatic N) is 2. The van der Waals surface area contributed by atoms with E-state index in [9.17, 15) is 4.79 Å². The molecule has 29 heavy (non-hydrogen) atoms. The van der Waals surface area contributed by atoms with Gasteiger partial charge in [-0.3, -0.25) is 9.69 Å². The van der Waals surface area contributed by atoms with Crippen LogP contribution in [-0.2, 0) is 6.54 Å². The summed E-state index contributed by atoms with van der Waals surface area (Å²) in [4.78, 5) is 19.6. The fraction of sp³-hybridized carbons (Fsp3) is 0.167. The number of aromatic nitrogens is 1. The van der Waals surface area contributed by atoms with E-state index >= 15 is 0 Å². The lowest BCUT2D eigenvalue weighted by molar-refractivity contribution is 0.0959. The minimum atomic E-state index is -0.218. The standard InChI is InChI=1S/C24H21ClN2O2/c1-15-12-16(2)22-17(3)23(29-20(22)13-15)24(28)27(21-6-4-5-11-26-21)14-18-7-9-19(25)10-8-18/h4-13H,14H2,1-3H3. The van der Waals surface area contributed by atoms with Gasteiger partial charge >= 0.3 is 0 Å². The van der Waals surface area contributed by atoms with Gasteiger partial charge in [0.15, 0.2) is 5.76 Å². The second kappa shape index (κ2) is 7.72. The zero-order valence-electron chi connectivity index (χ0n) is 16.6. The lowest BCUT2D eigenvalue weighted by Crippen LogP contribution is -2.31. The highest BCUT2D eigenvalue weighted by atomic mass is 35.5. The zero-order valence-corrected chi connectivity index (χ0v) is 17.3. The third-order valence-electron chi connectivity index (χ3n) is 4.99. The maximum Gasteiger partial charge on any atom is 0.295 e. The van der Waals surface area contributed by atoms with E-state index in [1.807, 2.05) is 69.3 Å². The molecule has 1 amide bonds. The Kier molecular flexibility index (Phi) is 5.12. The summed E-state index contributed by atoms with van der Waals surface area (Å²) in [5.41, 5.74) is 4.73. The summed E-state index contributed by atoms with van der Waals surface area (Å²) in [6.07, 6.45) is 1.68. The number of furan rings is 1. The maximum absolute atomic E-state index is 13.6. The number of pyridine rings is 1. The number of amides is 1. The first-order chi connectivity index (χ1) is 13.9. The molecule has 0 saturated heterocycles. The fourth-order valence-electron chi connectivity index (χ4n) is 3.66. The van der Waals surface area contributed by atoms with Crippen molar-refractivity contribution >= 4 is 34.3 Å². The second-order valence-corrected chi connectivity index (χ2v) is 7.65. The van der Waals surface area contributed by atoms with Gasteiger partial charge in [-0.15, -0.1) is 0 Å². The molecule has 0 bridgehead atoms. The Morgan fingerprint density at radius 1 is 1.07 bits per heavy atom. The van der Waals surface area contributed by atoms with E-state index in [4.69, 9.17) is 16.0 Å². The van der Waals surface area contributed by atoms with Gasteiger partial charge in [-0.25, -0.2) is 4.98 Å². The van der Waals surface area contributed by atoms with Crippen LogP contribution in [0.25, 0.3) is 11.0 Å². The lowest BCUT2D eigenvalue weighted by Gasteiger charge is -2.21. The largest absolute Gasteiger partial charge is 0.451 e. The maximum atomic E-state index is 13.6. The smallest absolute Gasteiger partial charge is 0.295 e. The number of carbonyl (C=O) groups excluding carboxylic acids is 1. The molecule has 0 aliphatic carbocycles. The molecule has 0 radical (unpaired) electrons. The molecule has 4 rings (SSSR count). The van der Waals surface area contributed by atoms with Crippen LogP contribution in [0.3, 0.4) is 0 Å². The van der Waals surface area contributed by atoms with Crippen LogP contribution in [0.1, 0.15) is 32.8 Å². The third kappa shape index (κ3) is 3.76. The molecule has 0 unspecified atom stereocenters. The highest BCUT2D eigenvalue weighted by Crippen LogP contribution is 2.31. The van der Waals surface area contributed by atoms with Crippen molar-refractivity contribution in [2.75, 3.05) is 4.90 Å². The molecular formula is C24H21ClN2O2. The van der Waals surface area contributed by atoms with Gasteiger partial charge in [0, 0.05) is 22.2 Å². The molecule has 4 aromatic rings. The van der Waals surface area contributed by atoms with E-state index in [-0.39, 0.29) is 5.91 Å². The van der Waals surface area contributed by atoms with Crippen LogP contribution < -0.4 is 4.90 Å². The number of hydrogen-bond acceptors (Lipinski definition) is 3. The van der Waals surface area contributed by atoms with Gasteiger partial charge in [-0.1, -0.05) is 35.9 Å². The average Bonchev–Trinajstić information content (AvgIpc) is 3.04. The van der Waals surface area contributed by atoms with Crippen LogP contribution >= 0.6 is 11.6 Å². The molecule has 0 saturated carbocycles. The highest BCUT2D eigenvalue weighted by molar-refractivity contribution is 6.30. The third-order valence-corrected chi connectivity index (χ3v) is 5.24. The number of hydrogen-bond donors (Lipinski definition) is 0. The van der Waals surface area contributed by atoms with Crippen molar-refractivity contribution in [1.29, 1.82) is 0 Å². The van der Waals surface area contributed by atoms with E-state index in [1.54, 1.807) is 11.1 Å². The van der Waals surface area contributed by atoms with Crippen LogP contribution in [0.4, 0.5) is 5.82 Å². The summed E-state index contributed by atoms with van der Waals surface area (Å²) in [6.45, 7) is 6.35. The Morgan fingerprint density at radius 3 is 2.52 bits per heavy atom. The molecule has 0 aliphatic heterocycles. The van der Waals surface area contributed by atoms with Crippen molar-refractivity contribution in [3.63, 3.8) is 0 Å². The van der Waals surface area contributed by atoms with Crippen molar-refractivity contribution in [3.05, 3.63) is 93.8 Å². The number of carbonyl (C=O) groups is 1. The van der Waals surface area contributed by atoms with E-state index < -0.39 is 0 Å². The second-order valence-electron chi connectivity index (χ2n) is 7.22. The number of benzene rings is 2. The summed E-state index contributed by atoms with van der Waals surface area (Å²) in [7, 11) is 0. The zero-order chi connectivity index (χ0) is 20.5. The van der Waals surface area contributed by atoms with Crippen LogP contribution in [-0.4, -0.2) is 10.9 Å². The molecule has 0 N–H and O–H groups in total. The van der Waals surface area contributed by atoms with E-state index in [0.717, 1.165) is 33.2 Å². The summed E-state index contributed by atoms with van der Waals surface area (Å²) in [5, 5.41) is 1.65. The van der Waals surface area contributed by atoms with Crippen molar-refractivity contribution < 1.29 is 9.21 Å². The van der Waals surface area contributed by atoms with Gasteiger partial charge in [-0.05, 0) is 67.8 Å². The van der Waals surface area contributed by atoms with Crippen molar-refractivity contribution in [3.8, 4) is 0 Å². The number of halogens is 1. The van der Waals surface area contributed by atoms with Crippen molar-refractivity contribution in [2.45, 2.75) is 27.3 Å². The number of fused-ring (bicyclic) bond motifs is 1. The summed E-state index contributed by atoms with van der Waals surface area (Å²) in [5.74, 6) is 0.693. The molecule has 0 atom stereocenters. The minimum absolute atomic E-state index is 0.218. The first-order valence-corrected chi connectivity index (χ1v) is 9.79. The first kappa shape index (κ1) is 19.2. The van der Waals surface area contributed by atoms with Gasteiger partial charge in [-0.2, -0.15) is 0 Å². The van der Waals surface area contributed by atoms with Crippen LogP contribution in [0.2, 0.25) is 5.02 Å². The molecule has 0 spiro atoms. The Labute approximate surface area is 174 Å². The highest BCUT2D eigenvalue weighted by Gasteiger charge is 2.26. The van der Waals surface area contributed by atoms with E-state index in [2.05, 4.69) is 11.1 Å². The van der Waals surface area contributed by atoms with Gasteiger partial charge in [0.25, 0.3) is 5.91 Å². The molecular weight excluding hydrogens is 384 g/mol. The first-order valence-electron chi connectivity index (χ1n) is 9.41. The van der Waals surface area contributed by atoms with Gasteiger partial charge in [0.05, 0.1) is 6.54 Å². The molecule has 0 fully saturated rings. The molecule has 0 aliphatic rings. The molecule has 5 heteroatoms. The quantitative estimate of drug-likeness (QED) is 0.403. The van der Waals surface area contributed by atoms with E-state index in [0.29, 0.717) is 23.1 Å². The van der Waals surface area contributed by atoms with Crippen molar-refractivity contribution in [2.24, 2.45) is 0 Å². The lowest BCUT2D eigenvalue weighted by atomic mass is 10.0. The summed E-state index contributed by atoms with van der Waals surface area (Å²) < 4.78 is 6.04. The predicted molar refractivity (Wildman–Crippen MR) is 117 cm³/mol. The van der Waals surface area contributed by atoms with Crippen LogP contribution in [0.5, 0.6) is 0 Å². The molecule has 4 nitrogen and oxygen atoms in total. The number of aryl methyl sites for hydroxylation is 3. The average molecular weight is 405 g/mol. The molecule has 2 aromatic heterocycles. The van der Waals surface area contributed by atoms with Crippen LogP contribution in [0, 0.1) is 20.8 Å². The molecule has 2 heterocycles.